The van der Waals surface area contributed by atoms with Crippen LogP contribution in [0.5, 0.6) is 0 Å². The number of anilines is 1. The molecule has 0 aliphatic rings. The Balaban J connectivity index is 2.26. The van der Waals surface area contributed by atoms with Crippen LogP contribution in [0.4, 0.5) is 10.1 Å². The molecular weight excluding hydrogens is 320 g/mol. The van der Waals surface area contributed by atoms with Crippen molar-refractivity contribution in [1.29, 1.82) is 0 Å². The molecule has 0 aromatic heterocycles. The molecule has 0 aliphatic heterocycles. The van der Waals surface area contributed by atoms with Crippen LogP contribution in [0.1, 0.15) is 24.1 Å². The fraction of sp³-hybridized carbons (Fsp3) is 0.200. The van der Waals surface area contributed by atoms with Gasteiger partial charge in [-0.2, -0.15) is 0 Å². The van der Waals surface area contributed by atoms with Crippen LogP contribution in [0.25, 0.3) is 0 Å². The van der Waals surface area contributed by atoms with Gasteiger partial charge in [0.2, 0.25) is 0 Å². The molecule has 2 aromatic carbocycles. The van der Waals surface area contributed by atoms with Crippen molar-refractivity contribution < 1.29 is 4.39 Å². The largest absolute Gasteiger partial charge is 0.378 e. The van der Waals surface area contributed by atoms with E-state index in [2.05, 4.69) is 5.32 Å². The first kappa shape index (κ1) is 15.4. The second-order valence-electron chi connectivity index (χ2n) is 4.59. The van der Waals surface area contributed by atoms with Gasteiger partial charge in [-0.15, -0.1) is 0 Å². The van der Waals surface area contributed by atoms with E-state index in [9.17, 15) is 4.39 Å². The van der Waals surface area contributed by atoms with Crippen molar-refractivity contribution in [3.63, 3.8) is 0 Å². The minimum absolute atomic E-state index is 0.0814. The third-order valence-electron chi connectivity index (χ3n) is 3.07. The van der Waals surface area contributed by atoms with Gasteiger partial charge in [-0.1, -0.05) is 40.9 Å². The summed E-state index contributed by atoms with van der Waals surface area (Å²) in [5, 5.41) is 4.45. The standard InChI is InChI=1S/C15H13Cl3FN/c1-8-7-10(3-6-13(8)19)20-9(2)11-4-5-12(16)15(18)14(11)17/h3-7,9,20H,1-2H3. The van der Waals surface area contributed by atoms with E-state index in [1.807, 2.05) is 13.0 Å². The van der Waals surface area contributed by atoms with Gasteiger partial charge >= 0.3 is 0 Å². The van der Waals surface area contributed by atoms with Gasteiger partial charge in [-0.05, 0) is 49.2 Å². The maximum Gasteiger partial charge on any atom is 0.126 e. The van der Waals surface area contributed by atoms with Crippen molar-refractivity contribution >= 4 is 40.5 Å². The van der Waals surface area contributed by atoms with Crippen molar-refractivity contribution in [1.82, 2.24) is 0 Å². The van der Waals surface area contributed by atoms with Crippen molar-refractivity contribution in [2.24, 2.45) is 0 Å². The number of hydrogen-bond donors (Lipinski definition) is 1. The Morgan fingerprint density at radius 2 is 1.75 bits per heavy atom. The van der Waals surface area contributed by atoms with E-state index in [1.165, 1.54) is 6.07 Å². The van der Waals surface area contributed by atoms with E-state index >= 15 is 0 Å². The van der Waals surface area contributed by atoms with Gasteiger partial charge in [0.05, 0.1) is 21.1 Å². The monoisotopic (exact) mass is 331 g/mol. The maximum atomic E-state index is 13.2. The summed E-state index contributed by atoms with van der Waals surface area (Å²) in [6.45, 7) is 3.67. The molecule has 1 unspecified atom stereocenters. The fourth-order valence-electron chi connectivity index (χ4n) is 1.94. The summed E-state index contributed by atoms with van der Waals surface area (Å²) in [5.41, 5.74) is 2.24. The molecule has 0 saturated heterocycles. The number of nitrogens with one attached hydrogen (secondary N) is 1. The van der Waals surface area contributed by atoms with E-state index in [0.29, 0.717) is 20.6 Å². The fourth-order valence-corrected chi connectivity index (χ4v) is 2.64. The third-order valence-corrected chi connectivity index (χ3v) is 4.38. The molecule has 0 aliphatic carbocycles. The minimum atomic E-state index is -0.226. The third kappa shape index (κ3) is 3.20. The highest BCUT2D eigenvalue weighted by Crippen LogP contribution is 2.36. The predicted molar refractivity (Wildman–Crippen MR) is 84.6 cm³/mol. The first-order chi connectivity index (χ1) is 9.40. The zero-order valence-corrected chi connectivity index (χ0v) is 13.2. The molecule has 0 fully saturated rings. The second-order valence-corrected chi connectivity index (χ2v) is 5.76. The Bertz CT molecular complexity index is 643. The lowest BCUT2D eigenvalue weighted by molar-refractivity contribution is 0.618. The van der Waals surface area contributed by atoms with E-state index in [1.54, 1.807) is 25.1 Å². The van der Waals surface area contributed by atoms with Crippen LogP contribution in [-0.4, -0.2) is 0 Å². The second kappa shape index (κ2) is 6.21. The normalized spacial score (nSPS) is 12.3. The van der Waals surface area contributed by atoms with E-state index < -0.39 is 0 Å². The summed E-state index contributed by atoms with van der Waals surface area (Å²) in [5.74, 6) is -0.226. The molecule has 1 atom stereocenters. The smallest absolute Gasteiger partial charge is 0.126 e. The van der Waals surface area contributed by atoms with Gasteiger partial charge < -0.3 is 5.32 Å². The number of halogens is 4. The van der Waals surface area contributed by atoms with Crippen molar-refractivity contribution in [3.05, 3.63) is 62.3 Å². The zero-order valence-electron chi connectivity index (χ0n) is 11.0. The van der Waals surface area contributed by atoms with Crippen LogP contribution in [0, 0.1) is 12.7 Å². The lowest BCUT2D eigenvalue weighted by Crippen LogP contribution is -2.07. The first-order valence-electron chi connectivity index (χ1n) is 6.06. The molecule has 0 radical (unpaired) electrons. The molecule has 1 N–H and O–H groups in total. The van der Waals surface area contributed by atoms with Crippen molar-refractivity contribution in [2.45, 2.75) is 19.9 Å². The molecule has 0 saturated carbocycles. The molecule has 0 amide bonds. The summed E-state index contributed by atoms with van der Waals surface area (Å²) >= 11 is 18.1. The predicted octanol–water partition coefficient (Wildman–Crippen LogP) is 6.27. The average molecular weight is 333 g/mol. The highest BCUT2D eigenvalue weighted by Gasteiger charge is 2.14. The molecule has 2 rings (SSSR count). The van der Waals surface area contributed by atoms with Crippen LogP contribution in [0.15, 0.2) is 30.3 Å². The quantitative estimate of drug-likeness (QED) is 0.653. The molecular formula is C15H13Cl3FN. The van der Waals surface area contributed by atoms with Gasteiger partial charge in [0.1, 0.15) is 5.82 Å². The lowest BCUT2D eigenvalue weighted by Gasteiger charge is -2.18. The Morgan fingerprint density at radius 3 is 2.40 bits per heavy atom. The summed E-state index contributed by atoms with van der Waals surface area (Å²) in [6.07, 6.45) is 0. The summed E-state index contributed by atoms with van der Waals surface area (Å²) in [7, 11) is 0. The summed E-state index contributed by atoms with van der Waals surface area (Å²) in [6, 6.07) is 8.31. The molecule has 2 aromatic rings. The zero-order chi connectivity index (χ0) is 14.9. The van der Waals surface area contributed by atoms with E-state index in [-0.39, 0.29) is 11.9 Å². The van der Waals surface area contributed by atoms with Crippen LogP contribution < -0.4 is 5.32 Å². The number of aryl methyl sites for hydroxylation is 1. The van der Waals surface area contributed by atoms with Gasteiger partial charge in [0.15, 0.2) is 0 Å². The molecule has 0 spiro atoms. The van der Waals surface area contributed by atoms with E-state index in [0.717, 1.165) is 11.3 Å². The van der Waals surface area contributed by atoms with Gasteiger partial charge in [0, 0.05) is 5.69 Å². The maximum absolute atomic E-state index is 13.2. The number of rotatable bonds is 3. The van der Waals surface area contributed by atoms with E-state index in [4.69, 9.17) is 34.8 Å². The van der Waals surface area contributed by atoms with Crippen LogP contribution in [0.3, 0.4) is 0 Å². The molecule has 5 heteroatoms. The van der Waals surface area contributed by atoms with Crippen molar-refractivity contribution in [3.8, 4) is 0 Å². The molecule has 20 heavy (non-hydrogen) atoms. The Kier molecular flexibility index (Phi) is 4.79. The van der Waals surface area contributed by atoms with Crippen LogP contribution in [0.2, 0.25) is 15.1 Å². The lowest BCUT2D eigenvalue weighted by atomic mass is 10.1. The average Bonchev–Trinajstić information content (AvgIpc) is 2.40. The van der Waals surface area contributed by atoms with Gasteiger partial charge in [0.25, 0.3) is 0 Å². The topological polar surface area (TPSA) is 12.0 Å². The SMILES string of the molecule is Cc1cc(NC(C)c2ccc(Cl)c(Cl)c2Cl)ccc1F. The first-order valence-corrected chi connectivity index (χ1v) is 7.19. The highest BCUT2D eigenvalue weighted by molar-refractivity contribution is 6.48. The van der Waals surface area contributed by atoms with Gasteiger partial charge in [-0.25, -0.2) is 4.39 Å². The molecule has 0 heterocycles. The van der Waals surface area contributed by atoms with Crippen LogP contribution in [-0.2, 0) is 0 Å². The Hall–Kier alpha value is -0.960. The van der Waals surface area contributed by atoms with Gasteiger partial charge in [-0.3, -0.25) is 0 Å². The Labute approximate surface area is 132 Å². The molecule has 0 bridgehead atoms. The summed E-state index contributed by atoms with van der Waals surface area (Å²) in [4.78, 5) is 0. The highest BCUT2D eigenvalue weighted by atomic mass is 35.5. The number of benzene rings is 2. The summed E-state index contributed by atoms with van der Waals surface area (Å²) < 4.78 is 13.2. The minimum Gasteiger partial charge on any atom is -0.378 e. The number of hydrogen-bond acceptors (Lipinski definition) is 1. The van der Waals surface area contributed by atoms with Crippen molar-refractivity contribution in [2.75, 3.05) is 5.32 Å². The molecule has 1 nitrogen and oxygen atoms in total. The molecule has 106 valence electrons. The van der Waals surface area contributed by atoms with Crippen LogP contribution >= 0.6 is 34.8 Å². The Morgan fingerprint density at radius 1 is 1.05 bits per heavy atom.